The Kier molecular flexibility index (Phi) is 5.71. The second kappa shape index (κ2) is 7.54. The summed E-state index contributed by atoms with van der Waals surface area (Å²) in [4.78, 5) is 0. The maximum atomic E-state index is 5.74. The molecule has 0 saturated heterocycles. The Morgan fingerprint density at radius 1 is 1.32 bits per heavy atom. The van der Waals surface area contributed by atoms with Crippen LogP contribution >= 0.6 is 0 Å². The second-order valence-corrected chi connectivity index (χ2v) is 5.56. The number of rotatable bonds is 8. The van der Waals surface area contributed by atoms with E-state index < -0.39 is 0 Å². The minimum atomic E-state index is 0.487. The highest BCUT2D eigenvalue weighted by atomic mass is 16.5. The molecule has 0 amide bonds. The highest BCUT2D eigenvalue weighted by Crippen LogP contribution is 2.35. The van der Waals surface area contributed by atoms with Gasteiger partial charge in [-0.1, -0.05) is 45.2 Å². The van der Waals surface area contributed by atoms with Crippen molar-refractivity contribution < 1.29 is 4.74 Å². The summed E-state index contributed by atoms with van der Waals surface area (Å²) in [6.45, 7) is 6.16. The lowest BCUT2D eigenvalue weighted by atomic mass is 9.79. The normalized spacial score (nSPS) is 16.9. The first-order valence-corrected chi connectivity index (χ1v) is 7.79. The molecule has 106 valence electrons. The Balaban J connectivity index is 2.01. The van der Waals surface area contributed by atoms with Gasteiger partial charge in [0.25, 0.3) is 0 Å². The monoisotopic (exact) mass is 261 g/mol. The second-order valence-electron chi connectivity index (χ2n) is 5.56. The maximum Gasteiger partial charge on any atom is 0.119 e. The molecule has 1 aromatic carbocycles. The Morgan fingerprint density at radius 2 is 2.16 bits per heavy atom. The molecule has 2 rings (SSSR count). The van der Waals surface area contributed by atoms with Crippen molar-refractivity contribution in [1.29, 1.82) is 0 Å². The summed E-state index contributed by atoms with van der Waals surface area (Å²) in [5.41, 5.74) is 1.38. The summed E-state index contributed by atoms with van der Waals surface area (Å²) in [6, 6.07) is 9.10. The molecule has 1 aliphatic rings. The quantitative estimate of drug-likeness (QED) is 0.752. The smallest absolute Gasteiger partial charge is 0.119 e. The van der Waals surface area contributed by atoms with E-state index in [0.717, 1.165) is 31.2 Å². The topological polar surface area (TPSA) is 21.3 Å². The fourth-order valence-corrected chi connectivity index (χ4v) is 2.69. The summed E-state index contributed by atoms with van der Waals surface area (Å²) in [7, 11) is 0. The van der Waals surface area contributed by atoms with E-state index in [0.29, 0.717) is 6.04 Å². The van der Waals surface area contributed by atoms with Gasteiger partial charge in [0.2, 0.25) is 0 Å². The number of hydrogen-bond donors (Lipinski definition) is 1. The van der Waals surface area contributed by atoms with Crippen LogP contribution in [0.5, 0.6) is 5.75 Å². The van der Waals surface area contributed by atoms with Crippen LogP contribution in [-0.4, -0.2) is 13.2 Å². The molecule has 2 heteroatoms. The zero-order valence-electron chi connectivity index (χ0n) is 12.3. The summed E-state index contributed by atoms with van der Waals surface area (Å²) in [5.74, 6) is 1.93. The fourth-order valence-electron chi connectivity index (χ4n) is 2.69. The number of benzene rings is 1. The van der Waals surface area contributed by atoms with Crippen molar-refractivity contribution in [2.45, 2.75) is 52.0 Å². The van der Waals surface area contributed by atoms with Crippen LogP contribution in [0.25, 0.3) is 0 Å². The van der Waals surface area contributed by atoms with Gasteiger partial charge in [0, 0.05) is 6.04 Å². The van der Waals surface area contributed by atoms with Gasteiger partial charge in [-0.25, -0.2) is 0 Å². The van der Waals surface area contributed by atoms with Gasteiger partial charge in [0.05, 0.1) is 6.61 Å². The van der Waals surface area contributed by atoms with Gasteiger partial charge in [-0.2, -0.15) is 0 Å². The average Bonchev–Trinajstić information content (AvgIpc) is 2.39. The lowest BCUT2D eigenvalue weighted by molar-refractivity contribution is 0.261. The molecule has 2 nitrogen and oxygen atoms in total. The Morgan fingerprint density at radius 3 is 2.79 bits per heavy atom. The molecular weight excluding hydrogens is 234 g/mol. The van der Waals surface area contributed by atoms with Crippen molar-refractivity contribution in [1.82, 2.24) is 5.32 Å². The zero-order chi connectivity index (χ0) is 13.5. The molecule has 1 fully saturated rings. The summed E-state index contributed by atoms with van der Waals surface area (Å²) >= 11 is 0. The molecule has 1 N–H and O–H groups in total. The third kappa shape index (κ3) is 4.24. The Bertz CT molecular complexity index is 373. The predicted octanol–water partition coefficient (Wildman–Crippen LogP) is 4.32. The van der Waals surface area contributed by atoms with Crippen LogP contribution in [0.4, 0.5) is 0 Å². The molecule has 1 aromatic rings. The highest BCUT2D eigenvalue weighted by Gasteiger charge is 2.22. The standard InChI is InChI=1S/C17H27NO/c1-3-11-19-16-10-6-9-15(13-16)17(18-4-2)12-14-7-5-8-14/h6,9-10,13-14,17-18H,3-5,7-8,11-12H2,1-2H3. The Labute approximate surface area is 117 Å². The molecule has 0 aromatic heterocycles. The third-order valence-corrected chi connectivity index (χ3v) is 3.98. The molecule has 19 heavy (non-hydrogen) atoms. The molecule has 1 saturated carbocycles. The first kappa shape index (κ1) is 14.4. The molecule has 1 unspecified atom stereocenters. The van der Waals surface area contributed by atoms with E-state index in [4.69, 9.17) is 4.74 Å². The lowest BCUT2D eigenvalue weighted by Crippen LogP contribution is -2.25. The van der Waals surface area contributed by atoms with Gasteiger partial charge in [-0.05, 0) is 43.0 Å². The molecule has 0 radical (unpaired) electrons. The Hall–Kier alpha value is -1.02. The van der Waals surface area contributed by atoms with Crippen molar-refractivity contribution >= 4 is 0 Å². The first-order chi connectivity index (χ1) is 9.33. The number of ether oxygens (including phenoxy) is 1. The predicted molar refractivity (Wildman–Crippen MR) is 80.6 cm³/mol. The maximum absolute atomic E-state index is 5.74. The van der Waals surface area contributed by atoms with E-state index in [1.54, 1.807) is 0 Å². The van der Waals surface area contributed by atoms with Gasteiger partial charge in [-0.3, -0.25) is 0 Å². The molecule has 1 atom stereocenters. The van der Waals surface area contributed by atoms with E-state index in [1.807, 2.05) is 0 Å². The molecular formula is C17H27NO. The summed E-state index contributed by atoms with van der Waals surface area (Å²) in [6.07, 6.45) is 6.57. The van der Waals surface area contributed by atoms with Crippen molar-refractivity contribution in [2.75, 3.05) is 13.2 Å². The van der Waals surface area contributed by atoms with E-state index >= 15 is 0 Å². The van der Waals surface area contributed by atoms with Crippen LogP contribution in [0.2, 0.25) is 0 Å². The zero-order valence-corrected chi connectivity index (χ0v) is 12.3. The molecule has 0 heterocycles. The number of nitrogens with one attached hydrogen (secondary N) is 1. The van der Waals surface area contributed by atoms with Crippen molar-refractivity contribution in [2.24, 2.45) is 5.92 Å². The summed E-state index contributed by atoms with van der Waals surface area (Å²) < 4.78 is 5.74. The molecule has 0 spiro atoms. The molecule has 1 aliphatic carbocycles. The van der Waals surface area contributed by atoms with Crippen LogP contribution in [0.1, 0.15) is 57.6 Å². The first-order valence-electron chi connectivity index (χ1n) is 7.79. The minimum absolute atomic E-state index is 0.487. The lowest BCUT2D eigenvalue weighted by Gasteiger charge is -2.30. The van der Waals surface area contributed by atoms with Crippen LogP contribution in [-0.2, 0) is 0 Å². The van der Waals surface area contributed by atoms with Gasteiger partial charge < -0.3 is 10.1 Å². The third-order valence-electron chi connectivity index (χ3n) is 3.98. The van der Waals surface area contributed by atoms with Crippen molar-refractivity contribution in [3.8, 4) is 5.75 Å². The molecule has 0 aliphatic heterocycles. The van der Waals surface area contributed by atoms with Gasteiger partial charge in [-0.15, -0.1) is 0 Å². The van der Waals surface area contributed by atoms with Crippen molar-refractivity contribution in [3.05, 3.63) is 29.8 Å². The van der Waals surface area contributed by atoms with Crippen LogP contribution in [0, 0.1) is 5.92 Å². The largest absolute Gasteiger partial charge is 0.494 e. The number of hydrogen-bond acceptors (Lipinski definition) is 2. The van der Waals surface area contributed by atoms with Gasteiger partial charge in [0.1, 0.15) is 5.75 Å². The average molecular weight is 261 g/mol. The van der Waals surface area contributed by atoms with Gasteiger partial charge in [0.15, 0.2) is 0 Å². The highest BCUT2D eigenvalue weighted by molar-refractivity contribution is 5.30. The van der Waals surface area contributed by atoms with Crippen molar-refractivity contribution in [3.63, 3.8) is 0 Å². The molecule has 0 bridgehead atoms. The van der Waals surface area contributed by atoms with Crippen LogP contribution < -0.4 is 10.1 Å². The van der Waals surface area contributed by atoms with E-state index in [2.05, 4.69) is 43.4 Å². The van der Waals surface area contributed by atoms with E-state index in [-0.39, 0.29) is 0 Å². The van der Waals surface area contributed by atoms with E-state index in [9.17, 15) is 0 Å². The van der Waals surface area contributed by atoms with Gasteiger partial charge >= 0.3 is 0 Å². The fraction of sp³-hybridized carbons (Fsp3) is 0.647. The van der Waals surface area contributed by atoms with Crippen LogP contribution in [0.3, 0.4) is 0 Å². The van der Waals surface area contributed by atoms with E-state index in [1.165, 1.54) is 31.2 Å². The van der Waals surface area contributed by atoms with Crippen LogP contribution in [0.15, 0.2) is 24.3 Å². The SMILES string of the molecule is CCCOc1cccc(C(CC2CCC2)NCC)c1. The summed E-state index contributed by atoms with van der Waals surface area (Å²) in [5, 5.41) is 3.63. The minimum Gasteiger partial charge on any atom is -0.494 e.